The Bertz CT molecular complexity index is 376. The van der Waals surface area contributed by atoms with Gasteiger partial charge in [-0.25, -0.2) is 0 Å². The first-order chi connectivity index (χ1) is 9.72. The van der Waals surface area contributed by atoms with E-state index >= 15 is 0 Å². The van der Waals surface area contributed by atoms with Gasteiger partial charge in [-0.05, 0) is 11.6 Å². The molecule has 0 spiro atoms. The van der Waals surface area contributed by atoms with Gasteiger partial charge in [-0.15, -0.1) is 10.2 Å². The fraction of sp³-hybridized carbons (Fsp3) is 0.867. The topological polar surface area (TPSA) is 60.7 Å². The van der Waals surface area contributed by atoms with E-state index in [1.54, 1.807) is 7.05 Å². The van der Waals surface area contributed by atoms with Crippen LogP contribution in [0.25, 0.3) is 0 Å². The number of unbranched alkanes of at least 4 members (excludes halogenated alkanes) is 8. The lowest BCUT2D eigenvalue weighted by atomic mass is 10.0. The van der Waals surface area contributed by atoms with Crippen LogP contribution >= 0.6 is 0 Å². The van der Waals surface area contributed by atoms with Crippen LogP contribution in [0.15, 0.2) is 0 Å². The van der Waals surface area contributed by atoms with E-state index in [-0.39, 0.29) is 5.78 Å². The Hall–Kier alpha value is -1.26. The van der Waals surface area contributed by atoms with Gasteiger partial charge in [-0.3, -0.25) is 4.79 Å². The van der Waals surface area contributed by atoms with E-state index in [1.165, 1.54) is 49.7 Å². The summed E-state index contributed by atoms with van der Waals surface area (Å²) in [7, 11) is 1.71. The Morgan fingerprint density at radius 3 is 2.15 bits per heavy atom. The Labute approximate surface area is 122 Å². The molecule has 0 aliphatic carbocycles. The van der Waals surface area contributed by atoms with Crippen LogP contribution in [0.1, 0.15) is 77.0 Å². The van der Waals surface area contributed by atoms with E-state index in [0.29, 0.717) is 18.7 Å². The third-order valence-corrected chi connectivity index (χ3v) is 3.46. The van der Waals surface area contributed by atoms with E-state index in [4.69, 9.17) is 0 Å². The third-order valence-electron chi connectivity index (χ3n) is 3.46. The second-order valence-electron chi connectivity index (χ2n) is 5.49. The van der Waals surface area contributed by atoms with Crippen LogP contribution in [-0.2, 0) is 18.3 Å². The maximum absolute atomic E-state index is 11.7. The van der Waals surface area contributed by atoms with Crippen LogP contribution in [-0.4, -0.2) is 26.0 Å². The third kappa shape index (κ3) is 8.02. The zero-order valence-electron chi connectivity index (χ0n) is 13.0. The molecule has 0 fully saturated rings. The fourth-order valence-electron chi connectivity index (χ4n) is 2.29. The zero-order valence-corrected chi connectivity index (χ0v) is 13.0. The number of aromatic nitrogens is 4. The summed E-state index contributed by atoms with van der Waals surface area (Å²) in [5.41, 5.74) is 0. The molecule has 0 bridgehead atoms. The molecule has 1 aromatic heterocycles. The first-order valence-corrected chi connectivity index (χ1v) is 7.97. The monoisotopic (exact) mass is 280 g/mol. The summed E-state index contributed by atoms with van der Waals surface area (Å²) in [5.74, 6) is 0.759. The molecule has 0 aliphatic heterocycles. The Morgan fingerprint density at radius 1 is 1.00 bits per heavy atom. The average Bonchev–Trinajstić information content (AvgIpc) is 2.82. The van der Waals surface area contributed by atoms with Gasteiger partial charge in [0.05, 0.1) is 13.5 Å². The van der Waals surface area contributed by atoms with E-state index in [0.717, 1.165) is 12.8 Å². The van der Waals surface area contributed by atoms with Crippen LogP contribution in [0.5, 0.6) is 0 Å². The summed E-state index contributed by atoms with van der Waals surface area (Å²) in [4.78, 5) is 13.1. The van der Waals surface area contributed by atoms with E-state index in [2.05, 4.69) is 22.3 Å². The van der Waals surface area contributed by atoms with Gasteiger partial charge in [0.15, 0.2) is 5.82 Å². The van der Waals surface area contributed by atoms with Crippen LogP contribution in [0.4, 0.5) is 0 Å². The van der Waals surface area contributed by atoms with Gasteiger partial charge < -0.3 is 0 Å². The molecular formula is C15H28N4O. The molecule has 0 saturated heterocycles. The van der Waals surface area contributed by atoms with Crippen molar-refractivity contribution in [3.05, 3.63) is 5.82 Å². The lowest BCUT2D eigenvalue weighted by Gasteiger charge is -2.01. The minimum absolute atomic E-state index is 0.223. The molecule has 5 heteroatoms. The smallest absolute Gasteiger partial charge is 0.182 e. The number of carbonyl (C=O) groups excluding carboxylic acids is 1. The molecule has 0 N–H and O–H groups in total. The van der Waals surface area contributed by atoms with E-state index in [1.807, 2.05) is 0 Å². The van der Waals surface area contributed by atoms with E-state index < -0.39 is 0 Å². The van der Waals surface area contributed by atoms with E-state index in [9.17, 15) is 4.79 Å². The van der Waals surface area contributed by atoms with Gasteiger partial charge in [0.2, 0.25) is 0 Å². The molecule has 0 aromatic carbocycles. The van der Waals surface area contributed by atoms with Crippen LogP contribution < -0.4 is 0 Å². The summed E-state index contributed by atoms with van der Waals surface area (Å²) in [6.07, 6.45) is 12.4. The van der Waals surface area contributed by atoms with Crippen molar-refractivity contribution >= 4 is 5.78 Å². The molecule has 1 heterocycles. The largest absolute Gasteiger partial charge is 0.299 e. The minimum atomic E-state index is 0.223. The first-order valence-electron chi connectivity index (χ1n) is 7.97. The molecule has 0 radical (unpaired) electrons. The molecule has 1 aromatic rings. The normalized spacial score (nSPS) is 10.9. The van der Waals surface area contributed by atoms with Gasteiger partial charge in [0.1, 0.15) is 5.78 Å². The molecule has 1 rings (SSSR count). The second kappa shape index (κ2) is 10.5. The number of carbonyl (C=O) groups is 1. The number of nitrogens with zero attached hydrogens (tertiary/aromatic N) is 4. The molecule has 0 saturated carbocycles. The molecule has 0 amide bonds. The summed E-state index contributed by atoms with van der Waals surface area (Å²) >= 11 is 0. The number of hydrogen-bond acceptors (Lipinski definition) is 4. The number of ketones is 1. The lowest BCUT2D eigenvalue weighted by molar-refractivity contribution is -0.118. The molecule has 114 valence electrons. The number of aryl methyl sites for hydroxylation is 1. The highest BCUT2D eigenvalue weighted by molar-refractivity contribution is 5.79. The van der Waals surface area contributed by atoms with Crippen molar-refractivity contribution in [3.63, 3.8) is 0 Å². The van der Waals surface area contributed by atoms with Crippen molar-refractivity contribution in [2.45, 2.75) is 77.6 Å². The summed E-state index contributed by atoms with van der Waals surface area (Å²) in [6, 6.07) is 0. The predicted molar refractivity (Wildman–Crippen MR) is 79.4 cm³/mol. The summed E-state index contributed by atoms with van der Waals surface area (Å²) in [6.45, 7) is 2.24. The van der Waals surface area contributed by atoms with Crippen molar-refractivity contribution in [2.24, 2.45) is 7.05 Å². The lowest BCUT2D eigenvalue weighted by Crippen LogP contribution is -2.04. The quantitative estimate of drug-likeness (QED) is 0.551. The van der Waals surface area contributed by atoms with Crippen LogP contribution in [0.2, 0.25) is 0 Å². The maximum atomic E-state index is 11.7. The average molecular weight is 280 g/mol. The summed E-state index contributed by atoms with van der Waals surface area (Å²) in [5, 5.41) is 11.6. The van der Waals surface area contributed by atoms with Gasteiger partial charge in [-0.2, -0.15) is 4.80 Å². The predicted octanol–water partition coefficient (Wildman–Crippen LogP) is 3.24. The van der Waals surface area contributed by atoms with Gasteiger partial charge in [-0.1, -0.05) is 58.3 Å². The first kappa shape index (κ1) is 16.8. The number of rotatable bonds is 12. The maximum Gasteiger partial charge on any atom is 0.182 e. The Morgan fingerprint density at radius 2 is 1.60 bits per heavy atom. The minimum Gasteiger partial charge on any atom is -0.299 e. The zero-order chi connectivity index (χ0) is 14.6. The van der Waals surface area contributed by atoms with Crippen LogP contribution in [0, 0.1) is 0 Å². The van der Waals surface area contributed by atoms with Crippen molar-refractivity contribution in [3.8, 4) is 0 Å². The number of Topliss-reactive ketones (excluding diaryl/α,β-unsaturated/α-hetero) is 1. The molecule has 0 unspecified atom stereocenters. The van der Waals surface area contributed by atoms with Gasteiger partial charge in [0.25, 0.3) is 0 Å². The standard InChI is InChI=1S/C15H28N4O/c1-3-4-5-6-7-8-9-10-11-12-14(20)13-15-16-18-19(2)17-15/h3-13H2,1-2H3. The fourth-order valence-corrected chi connectivity index (χ4v) is 2.29. The second-order valence-corrected chi connectivity index (χ2v) is 5.49. The number of hydrogen-bond donors (Lipinski definition) is 0. The van der Waals surface area contributed by atoms with Crippen molar-refractivity contribution in [2.75, 3.05) is 0 Å². The molecule has 5 nitrogen and oxygen atoms in total. The van der Waals surface area contributed by atoms with Crippen molar-refractivity contribution in [1.82, 2.24) is 20.2 Å². The van der Waals surface area contributed by atoms with Crippen LogP contribution in [0.3, 0.4) is 0 Å². The number of tetrazole rings is 1. The van der Waals surface area contributed by atoms with Gasteiger partial charge >= 0.3 is 0 Å². The SMILES string of the molecule is CCCCCCCCCCCC(=O)Cc1nnn(C)n1. The Kier molecular flexibility index (Phi) is 8.83. The highest BCUT2D eigenvalue weighted by atomic mass is 16.1. The van der Waals surface area contributed by atoms with Crippen molar-refractivity contribution in [1.29, 1.82) is 0 Å². The molecular weight excluding hydrogens is 252 g/mol. The summed E-state index contributed by atoms with van der Waals surface area (Å²) < 4.78 is 0. The molecule has 0 aliphatic rings. The molecule has 0 atom stereocenters. The highest BCUT2D eigenvalue weighted by Crippen LogP contribution is 2.11. The molecule has 20 heavy (non-hydrogen) atoms. The van der Waals surface area contributed by atoms with Gasteiger partial charge in [0, 0.05) is 6.42 Å². The Balaban J connectivity index is 1.92. The van der Waals surface area contributed by atoms with Crippen molar-refractivity contribution < 1.29 is 4.79 Å². The highest BCUT2D eigenvalue weighted by Gasteiger charge is 2.07.